The van der Waals surface area contributed by atoms with Crippen molar-refractivity contribution < 1.29 is 19.4 Å². The van der Waals surface area contributed by atoms with Gasteiger partial charge in [0.05, 0.1) is 23.5 Å². The lowest BCUT2D eigenvalue weighted by molar-refractivity contribution is -0.157. The van der Waals surface area contributed by atoms with Crippen LogP contribution < -0.4 is 0 Å². The fourth-order valence-corrected chi connectivity index (χ4v) is 5.68. The van der Waals surface area contributed by atoms with E-state index in [0.717, 1.165) is 24.8 Å². The Morgan fingerprint density at radius 1 is 1.14 bits per heavy atom. The van der Waals surface area contributed by atoms with Crippen LogP contribution in [0, 0.1) is 23.7 Å². The third-order valence-corrected chi connectivity index (χ3v) is 7.05. The van der Waals surface area contributed by atoms with Crippen LogP contribution >= 0.6 is 0 Å². The minimum Gasteiger partial charge on any atom is -0.481 e. The van der Waals surface area contributed by atoms with E-state index in [9.17, 15) is 14.7 Å². The third-order valence-electron chi connectivity index (χ3n) is 7.05. The summed E-state index contributed by atoms with van der Waals surface area (Å²) < 4.78 is 5.90. The van der Waals surface area contributed by atoms with Crippen molar-refractivity contribution in [1.82, 2.24) is 4.90 Å². The highest BCUT2D eigenvalue weighted by Gasteiger charge is 2.54. The molecule has 0 radical (unpaired) electrons. The van der Waals surface area contributed by atoms with Crippen molar-refractivity contribution in [2.24, 2.45) is 23.7 Å². The molecule has 1 aromatic rings. The predicted molar refractivity (Wildman–Crippen MR) is 110 cm³/mol. The summed E-state index contributed by atoms with van der Waals surface area (Å²) in [6.45, 7) is 6.81. The number of aliphatic carboxylic acids is 1. The summed E-state index contributed by atoms with van der Waals surface area (Å²) in [5.74, 6) is -1.93. The van der Waals surface area contributed by atoms with Gasteiger partial charge >= 0.3 is 5.97 Å². The van der Waals surface area contributed by atoms with Gasteiger partial charge in [0.15, 0.2) is 0 Å². The number of carbonyl (C=O) groups excluding carboxylic acids is 1. The maximum Gasteiger partial charge on any atom is 0.307 e. The van der Waals surface area contributed by atoms with Crippen LogP contribution in [-0.4, -0.2) is 40.1 Å². The van der Waals surface area contributed by atoms with Gasteiger partial charge in [-0.1, -0.05) is 42.5 Å². The molecule has 0 unspecified atom stereocenters. The first-order valence-corrected chi connectivity index (χ1v) is 10.7. The van der Waals surface area contributed by atoms with Gasteiger partial charge in [0.2, 0.25) is 5.91 Å². The molecule has 156 valence electrons. The van der Waals surface area contributed by atoms with Gasteiger partial charge in [-0.15, -0.1) is 0 Å². The number of allylic oxidation sites excluding steroid dienone is 2. The number of fused-ring (bicyclic) bond motifs is 2. The summed E-state index contributed by atoms with van der Waals surface area (Å²) in [6, 6.07) is 9.97. The van der Waals surface area contributed by atoms with Crippen LogP contribution in [0.3, 0.4) is 0 Å². The molecule has 1 N–H and O–H groups in total. The second kappa shape index (κ2) is 7.60. The topological polar surface area (TPSA) is 66.8 Å². The maximum atomic E-state index is 14.0. The van der Waals surface area contributed by atoms with E-state index in [1.54, 1.807) is 0 Å². The molecule has 1 amide bonds. The van der Waals surface area contributed by atoms with Crippen molar-refractivity contribution in [3.8, 4) is 0 Å². The normalized spacial score (nSPS) is 33.4. The molecule has 1 aliphatic heterocycles. The number of hydrogen-bond acceptors (Lipinski definition) is 3. The van der Waals surface area contributed by atoms with Gasteiger partial charge in [0.1, 0.15) is 0 Å². The molecule has 0 spiro atoms. The zero-order valence-electron chi connectivity index (χ0n) is 17.5. The summed E-state index contributed by atoms with van der Waals surface area (Å²) in [6.07, 6.45) is 6.37. The van der Waals surface area contributed by atoms with E-state index in [-0.39, 0.29) is 35.4 Å². The van der Waals surface area contributed by atoms with Crippen molar-refractivity contribution in [1.29, 1.82) is 0 Å². The van der Waals surface area contributed by atoms with Gasteiger partial charge in [-0.2, -0.15) is 0 Å². The van der Waals surface area contributed by atoms with E-state index in [4.69, 9.17) is 4.74 Å². The molecule has 1 saturated carbocycles. The van der Waals surface area contributed by atoms with Crippen LogP contribution in [0.1, 0.15) is 51.6 Å². The number of nitrogens with zero attached hydrogens (tertiary/aromatic N) is 1. The number of ether oxygens (including phenoxy) is 1. The standard InChI is InChI=1S/C24H31NO4/c1-15(16-7-5-4-6-8-16)25(19-11-12-29-24(2,3)14-19)22(26)20-17-9-10-18(13-17)21(20)23(27)28/h4-10,15,17-21H,11-14H2,1-3H3,(H,27,28)/t15-,17+,18-,19-,20-,21+/m1/s1. The molecule has 29 heavy (non-hydrogen) atoms. The second-order valence-corrected chi connectivity index (χ2v) is 9.43. The summed E-state index contributed by atoms with van der Waals surface area (Å²) >= 11 is 0. The first-order valence-electron chi connectivity index (χ1n) is 10.7. The quantitative estimate of drug-likeness (QED) is 0.761. The van der Waals surface area contributed by atoms with E-state index >= 15 is 0 Å². The van der Waals surface area contributed by atoms with Gasteiger partial charge in [0, 0.05) is 12.6 Å². The van der Waals surface area contributed by atoms with Gasteiger partial charge in [0.25, 0.3) is 0 Å². The fourth-order valence-electron chi connectivity index (χ4n) is 5.68. The maximum absolute atomic E-state index is 14.0. The third kappa shape index (κ3) is 3.73. The Morgan fingerprint density at radius 3 is 2.41 bits per heavy atom. The summed E-state index contributed by atoms with van der Waals surface area (Å²) in [7, 11) is 0. The van der Waals surface area contributed by atoms with E-state index in [2.05, 4.69) is 26.8 Å². The highest BCUT2D eigenvalue weighted by Crippen LogP contribution is 2.50. The lowest BCUT2D eigenvalue weighted by Gasteiger charge is -2.45. The van der Waals surface area contributed by atoms with Crippen molar-refractivity contribution >= 4 is 11.9 Å². The summed E-state index contributed by atoms with van der Waals surface area (Å²) in [5, 5.41) is 9.86. The van der Waals surface area contributed by atoms with Crippen LogP contribution in [0.25, 0.3) is 0 Å². The Morgan fingerprint density at radius 2 is 1.79 bits per heavy atom. The lowest BCUT2D eigenvalue weighted by atomic mass is 9.80. The van der Waals surface area contributed by atoms with Crippen molar-refractivity contribution in [2.45, 2.75) is 57.7 Å². The van der Waals surface area contributed by atoms with Gasteiger partial charge in [-0.05, 0) is 57.4 Å². The van der Waals surface area contributed by atoms with Crippen LogP contribution in [0.15, 0.2) is 42.5 Å². The number of rotatable bonds is 5. The number of carboxylic acids is 1. The molecule has 0 aromatic heterocycles. The van der Waals surface area contributed by atoms with Crippen molar-refractivity contribution in [3.63, 3.8) is 0 Å². The fraction of sp³-hybridized carbons (Fsp3) is 0.583. The minimum absolute atomic E-state index is 0.00620. The minimum atomic E-state index is -0.847. The smallest absolute Gasteiger partial charge is 0.307 e. The first kappa shape index (κ1) is 20.1. The lowest BCUT2D eigenvalue weighted by Crippen LogP contribution is -2.53. The van der Waals surface area contributed by atoms with Crippen LogP contribution in [0.5, 0.6) is 0 Å². The molecule has 1 aromatic carbocycles. The Labute approximate surface area is 172 Å². The molecule has 6 atom stereocenters. The average Bonchev–Trinajstić information content (AvgIpc) is 3.29. The summed E-state index contributed by atoms with van der Waals surface area (Å²) in [4.78, 5) is 28.0. The molecule has 2 fully saturated rings. The number of benzene rings is 1. The first-order chi connectivity index (χ1) is 13.8. The van der Waals surface area contributed by atoms with Crippen LogP contribution in [0.4, 0.5) is 0 Å². The average molecular weight is 398 g/mol. The Bertz CT molecular complexity index is 802. The highest BCUT2D eigenvalue weighted by molar-refractivity contribution is 5.87. The summed E-state index contributed by atoms with van der Waals surface area (Å²) in [5.41, 5.74) is 0.786. The Balaban J connectivity index is 1.69. The number of amides is 1. The van der Waals surface area contributed by atoms with E-state index in [0.29, 0.717) is 6.61 Å². The second-order valence-electron chi connectivity index (χ2n) is 9.43. The van der Waals surface area contributed by atoms with Gasteiger partial charge < -0.3 is 14.7 Å². The number of carbonyl (C=O) groups is 2. The van der Waals surface area contributed by atoms with E-state index < -0.39 is 17.8 Å². The van der Waals surface area contributed by atoms with Gasteiger partial charge in [-0.3, -0.25) is 9.59 Å². The Kier molecular flexibility index (Phi) is 5.28. The molecule has 1 heterocycles. The molecule has 5 nitrogen and oxygen atoms in total. The van der Waals surface area contributed by atoms with Crippen molar-refractivity contribution in [2.75, 3.05) is 6.61 Å². The SMILES string of the molecule is C[C@H](c1ccccc1)N(C(=O)[C@H]1[C@@H](C(=O)O)[C@@H]2C=C[C@H]1C2)[C@@H]1CCOC(C)(C)C1. The number of carboxylic acid groups (broad SMARTS) is 1. The number of hydrogen-bond donors (Lipinski definition) is 1. The molecular formula is C24H31NO4. The zero-order chi connectivity index (χ0) is 20.8. The molecule has 3 aliphatic rings. The highest BCUT2D eigenvalue weighted by atomic mass is 16.5. The molecular weight excluding hydrogens is 366 g/mol. The van der Waals surface area contributed by atoms with Crippen LogP contribution in [0.2, 0.25) is 0 Å². The zero-order valence-corrected chi connectivity index (χ0v) is 17.5. The molecule has 5 heteroatoms. The van der Waals surface area contributed by atoms with Crippen LogP contribution in [-0.2, 0) is 14.3 Å². The molecule has 4 rings (SSSR count). The van der Waals surface area contributed by atoms with E-state index in [1.165, 1.54) is 0 Å². The van der Waals surface area contributed by atoms with Crippen molar-refractivity contribution in [3.05, 3.63) is 48.0 Å². The largest absolute Gasteiger partial charge is 0.481 e. The Hall–Kier alpha value is -2.14. The molecule has 1 saturated heterocycles. The molecule has 2 aliphatic carbocycles. The molecule has 2 bridgehead atoms. The predicted octanol–water partition coefficient (Wildman–Crippen LogP) is 4.06. The van der Waals surface area contributed by atoms with Gasteiger partial charge in [-0.25, -0.2) is 0 Å². The van der Waals surface area contributed by atoms with E-state index in [1.807, 2.05) is 41.3 Å². The monoisotopic (exact) mass is 397 g/mol.